The summed E-state index contributed by atoms with van der Waals surface area (Å²) in [7, 11) is 1.83. The van der Waals surface area contributed by atoms with Crippen molar-refractivity contribution in [2.45, 2.75) is 51.0 Å². The summed E-state index contributed by atoms with van der Waals surface area (Å²) in [5, 5.41) is 9.38. The number of carbonyl (C=O) groups is 2. The molecule has 0 aromatic heterocycles. The van der Waals surface area contributed by atoms with Gasteiger partial charge in [-0.2, -0.15) is 0 Å². The smallest absolute Gasteiger partial charge is 0.310 e. The number of carbonyl (C=O) groups excluding carboxylic acids is 1. The summed E-state index contributed by atoms with van der Waals surface area (Å²) in [6.07, 6.45) is 5.16. The van der Waals surface area contributed by atoms with Gasteiger partial charge in [0.05, 0.1) is 5.41 Å². The Balaban J connectivity index is 1.66. The van der Waals surface area contributed by atoms with Crippen LogP contribution in [0.2, 0.25) is 0 Å². The van der Waals surface area contributed by atoms with E-state index in [-0.39, 0.29) is 18.4 Å². The van der Waals surface area contributed by atoms with Crippen molar-refractivity contribution in [3.63, 3.8) is 0 Å². The van der Waals surface area contributed by atoms with Gasteiger partial charge in [-0.1, -0.05) is 30.7 Å². The molecule has 0 spiro atoms. The minimum atomic E-state index is -0.811. The molecule has 0 radical (unpaired) electrons. The molecule has 1 N–H and O–H groups in total. The maximum atomic E-state index is 12.5. The Morgan fingerprint density at radius 1 is 1.27 bits per heavy atom. The van der Waals surface area contributed by atoms with Crippen molar-refractivity contribution in [3.8, 4) is 0 Å². The minimum Gasteiger partial charge on any atom is -0.481 e. The Labute approximate surface area is 131 Å². The Morgan fingerprint density at radius 3 is 2.55 bits per heavy atom. The molecule has 1 aromatic carbocycles. The van der Waals surface area contributed by atoms with E-state index in [2.05, 4.69) is 18.2 Å². The van der Waals surface area contributed by atoms with Crippen LogP contribution in [0.5, 0.6) is 0 Å². The second kappa shape index (κ2) is 5.75. The van der Waals surface area contributed by atoms with Gasteiger partial charge in [-0.3, -0.25) is 9.59 Å². The molecular weight excluding hydrogens is 278 g/mol. The summed E-state index contributed by atoms with van der Waals surface area (Å²) in [5.74, 6) is -0.832. The van der Waals surface area contributed by atoms with Crippen LogP contribution in [0, 0.1) is 5.41 Å². The van der Waals surface area contributed by atoms with E-state index in [0.717, 1.165) is 25.7 Å². The zero-order valence-corrected chi connectivity index (χ0v) is 13.0. The van der Waals surface area contributed by atoms with E-state index in [4.69, 9.17) is 0 Å². The molecule has 2 aliphatic carbocycles. The molecule has 0 heterocycles. The third-order valence-corrected chi connectivity index (χ3v) is 5.52. The Hall–Kier alpha value is -1.84. The van der Waals surface area contributed by atoms with E-state index in [9.17, 15) is 14.7 Å². The molecule has 4 heteroatoms. The maximum Gasteiger partial charge on any atom is 0.310 e. The molecule has 2 aliphatic rings. The fraction of sp³-hybridized carbons (Fsp3) is 0.556. The Kier molecular flexibility index (Phi) is 3.94. The number of aliphatic carboxylic acids is 1. The third kappa shape index (κ3) is 2.62. The summed E-state index contributed by atoms with van der Waals surface area (Å²) in [6, 6.07) is 8.57. The molecule has 0 saturated heterocycles. The molecule has 118 valence electrons. The fourth-order valence-corrected chi connectivity index (χ4v) is 3.70. The molecule has 1 unspecified atom stereocenters. The summed E-state index contributed by atoms with van der Waals surface area (Å²) < 4.78 is 0. The summed E-state index contributed by atoms with van der Waals surface area (Å²) in [6.45, 7) is 0. The number of amides is 1. The van der Waals surface area contributed by atoms with E-state index in [1.807, 2.05) is 13.1 Å². The summed E-state index contributed by atoms with van der Waals surface area (Å²) >= 11 is 0. The van der Waals surface area contributed by atoms with Gasteiger partial charge < -0.3 is 10.0 Å². The van der Waals surface area contributed by atoms with Crippen molar-refractivity contribution in [3.05, 3.63) is 35.4 Å². The van der Waals surface area contributed by atoms with Gasteiger partial charge in [-0.25, -0.2) is 0 Å². The highest BCUT2D eigenvalue weighted by Crippen LogP contribution is 2.44. The number of likely N-dealkylation sites (N-methyl/N-ethyl adjacent to an activating group) is 1. The van der Waals surface area contributed by atoms with Crippen LogP contribution in [0.15, 0.2) is 24.3 Å². The quantitative estimate of drug-likeness (QED) is 0.930. The monoisotopic (exact) mass is 301 g/mol. The number of aryl methyl sites for hydroxylation is 1. The first kappa shape index (κ1) is 15.1. The highest BCUT2D eigenvalue weighted by Gasteiger charge is 2.46. The van der Waals surface area contributed by atoms with Crippen LogP contribution in [0.3, 0.4) is 0 Å². The average molecular weight is 301 g/mol. The van der Waals surface area contributed by atoms with Gasteiger partial charge in [0.25, 0.3) is 0 Å². The minimum absolute atomic E-state index is 0.0218. The lowest BCUT2D eigenvalue weighted by Gasteiger charge is -2.40. The van der Waals surface area contributed by atoms with Crippen molar-refractivity contribution in [1.29, 1.82) is 0 Å². The standard InChI is InChI=1S/C18H23NO3/c1-19(16(20)12-18(17(21)22)9-4-10-18)15-8-7-13-5-2-3-6-14(13)11-15/h2-3,5-6,15H,4,7-12H2,1H3,(H,21,22). The molecule has 1 amide bonds. The van der Waals surface area contributed by atoms with Gasteiger partial charge in [0.15, 0.2) is 0 Å². The maximum absolute atomic E-state index is 12.5. The largest absolute Gasteiger partial charge is 0.481 e. The first-order valence-electron chi connectivity index (χ1n) is 8.08. The Morgan fingerprint density at radius 2 is 1.95 bits per heavy atom. The second-order valence-electron chi connectivity index (χ2n) is 6.79. The number of hydrogen-bond donors (Lipinski definition) is 1. The van der Waals surface area contributed by atoms with Gasteiger partial charge in [0.1, 0.15) is 0 Å². The average Bonchev–Trinajstić information content (AvgIpc) is 2.49. The number of nitrogens with zero attached hydrogens (tertiary/aromatic N) is 1. The molecule has 3 rings (SSSR count). The predicted molar refractivity (Wildman–Crippen MR) is 83.6 cm³/mol. The molecule has 1 saturated carbocycles. The number of fused-ring (bicyclic) bond motifs is 1. The van der Waals surface area contributed by atoms with Crippen LogP contribution in [-0.4, -0.2) is 35.0 Å². The fourth-order valence-electron chi connectivity index (χ4n) is 3.70. The molecule has 1 aromatic rings. The van der Waals surface area contributed by atoms with Crippen LogP contribution >= 0.6 is 0 Å². The molecular formula is C18H23NO3. The predicted octanol–water partition coefficient (Wildman–Crippen LogP) is 2.65. The molecule has 1 atom stereocenters. The number of rotatable bonds is 4. The zero-order valence-electron chi connectivity index (χ0n) is 13.0. The first-order valence-corrected chi connectivity index (χ1v) is 8.08. The van der Waals surface area contributed by atoms with Crippen molar-refractivity contribution < 1.29 is 14.7 Å². The van der Waals surface area contributed by atoms with Gasteiger partial charge in [-0.15, -0.1) is 0 Å². The molecule has 4 nitrogen and oxygen atoms in total. The number of carboxylic acids is 1. The lowest BCUT2D eigenvalue weighted by molar-refractivity contribution is -0.159. The lowest BCUT2D eigenvalue weighted by Crippen LogP contribution is -2.46. The van der Waals surface area contributed by atoms with Crippen molar-refractivity contribution in [1.82, 2.24) is 4.90 Å². The summed E-state index contributed by atoms with van der Waals surface area (Å²) in [5.41, 5.74) is 1.90. The van der Waals surface area contributed by atoms with Crippen LogP contribution in [0.25, 0.3) is 0 Å². The van der Waals surface area contributed by atoms with Gasteiger partial charge in [-0.05, 0) is 43.2 Å². The normalized spacial score (nSPS) is 22.3. The SMILES string of the molecule is CN(C(=O)CC1(C(=O)O)CCC1)C1CCc2ccccc2C1. The van der Waals surface area contributed by atoms with Gasteiger partial charge >= 0.3 is 5.97 Å². The highest BCUT2D eigenvalue weighted by atomic mass is 16.4. The number of hydrogen-bond acceptors (Lipinski definition) is 2. The van der Waals surface area contributed by atoms with E-state index in [0.29, 0.717) is 12.8 Å². The van der Waals surface area contributed by atoms with Crippen molar-refractivity contribution in [2.75, 3.05) is 7.05 Å². The second-order valence-corrected chi connectivity index (χ2v) is 6.79. The van der Waals surface area contributed by atoms with Crippen molar-refractivity contribution in [2.24, 2.45) is 5.41 Å². The van der Waals surface area contributed by atoms with Crippen LogP contribution in [-0.2, 0) is 22.4 Å². The van der Waals surface area contributed by atoms with E-state index < -0.39 is 11.4 Å². The van der Waals surface area contributed by atoms with Crippen LogP contribution < -0.4 is 0 Å². The van der Waals surface area contributed by atoms with Crippen molar-refractivity contribution >= 4 is 11.9 Å². The molecule has 0 aliphatic heterocycles. The van der Waals surface area contributed by atoms with E-state index in [1.165, 1.54) is 11.1 Å². The number of carboxylic acid groups (broad SMARTS) is 1. The third-order valence-electron chi connectivity index (χ3n) is 5.52. The summed E-state index contributed by atoms with van der Waals surface area (Å²) in [4.78, 5) is 25.8. The molecule has 1 fully saturated rings. The van der Waals surface area contributed by atoms with Gasteiger partial charge in [0.2, 0.25) is 5.91 Å². The highest BCUT2D eigenvalue weighted by molar-refractivity contribution is 5.85. The van der Waals surface area contributed by atoms with E-state index in [1.54, 1.807) is 4.90 Å². The molecule has 0 bridgehead atoms. The first-order chi connectivity index (χ1) is 10.5. The number of benzene rings is 1. The topological polar surface area (TPSA) is 57.6 Å². The van der Waals surface area contributed by atoms with Gasteiger partial charge in [0, 0.05) is 19.5 Å². The van der Waals surface area contributed by atoms with Crippen LogP contribution in [0.4, 0.5) is 0 Å². The molecule has 22 heavy (non-hydrogen) atoms. The lowest BCUT2D eigenvalue weighted by atomic mass is 9.66. The van der Waals surface area contributed by atoms with E-state index >= 15 is 0 Å². The zero-order chi connectivity index (χ0) is 15.7. The Bertz CT molecular complexity index is 592. The van der Waals surface area contributed by atoms with Crippen LogP contribution in [0.1, 0.15) is 43.2 Å².